The molecule has 3 heterocycles. The Bertz CT molecular complexity index is 666. The Morgan fingerprint density at radius 3 is 2.81 bits per heavy atom. The van der Waals surface area contributed by atoms with Gasteiger partial charge >= 0.3 is 0 Å². The number of carbonyl (C=O) groups excluding carboxylic acids is 1. The van der Waals surface area contributed by atoms with Gasteiger partial charge in [0.2, 0.25) is 5.91 Å². The molecule has 1 amide bonds. The summed E-state index contributed by atoms with van der Waals surface area (Å²) in [6.45, 7) is 2.90. The van der Waals surface area contributed by atoms with Gasteiger partial charge in [-0.15, -0.1) is 0 Å². The molecule has 0 unspecified atom stereocenters. The molecule has 0 bridgehead atoms. The molecule has 7 heteroatoms. The molecule has 0 saturated carbocycles. The number of likely N-dealkylation sites (tertiary alicyclic amines) is 1. The number of carbonyl (C=O) groups is 1. The largest absolute Gasteiger partial charge is 0.493 e. The Hall–Kier alpha value is -1.73. The number of benzene rings is 1. The first-order valence-corrected chi connectivity index (χ1v) is 9.73. The number of hydrogen-bond acceptors (Lipinski definition) is 4. The number of halogens is 2. The van der Waals surface area contributed by atoms with Crippen molar-refractivity contribution in [3.63, 3.8) is 0 Å². The van der Waals surface area contributed by atoms with E-state index in [2.05, 4.69) is 16.3 Å². The molecule has 0 aliphatic carbocycles. The second kappa shape index (κ2) is 8.10. The molecule has 27 heavy (non-hydrogen) atoms. The average molecular weight is 380 g/mol. The van der Waals surface area contributed by atoms with Crippen molar-refractivity contribution in [2.45, 2.75) is 25.3 Å². The normalized spacial score (nSPS) is 28.5. The molecule has 3 aliphatic heterocycles. The van der Waals surface area contributed by atoms with E-state index in [1.165, 1.54) is 0 Å². The van der Waals surface area contributed by atoms with Crippen molar-refractivity contribution in [2.75, 3.05) is 39.5 Å². The summed E-state index contributed by atoms with van der Waals surface area (Å²) in [6, 6.07) is 8.05. The average Bonchev–Trinajstić information content (AvgIpc) is 3.06. The molecule has 2 saturated heterocycles. The molecular weight excluding hydrogens is 354 g/mol. The summed E-state index contributed by atoms with van der Waals surface area (Å²) in [5.41, 5.74) is 1.10. The fraction of sp³-hybridized carbons (Fsp3) is 0.650. The smallest absolute Gasteiger partial charge is 0.255 e. The van der Waals surface area contributed by atoms with Crippen molar-refractivity contribution in [2.24, 2.45) is 17.8 Å². The quantitative estimate of drug-likeness (QED) is 0.853. The van der Waals surface area contributed by atoms with E-state index < -0.39 is 13.0 Å². The highest BCUT2D eigenvalue weighted by Gasteiger charge is 2.49. The lowest BCUT2D eigenvalue weighted by atomic mass is 9.84. The van der Waals surface area contributed by atoms with E-state index in [4.69, 9.17) is 9.47 Å². The maximum Gasteiger partial charge on any atom is 0.255 e. The number of alkyl halides is 2. The first-order chi connectivity index (χ1) is 13.1. The lowest BCUT2D eigenvalue weighted by Gasteiger charge is -2.36. The van der Waals surface area contributed by atoms with Gasteiger partial charge in [-0.1, -0.05) is 18.2 Å². The maximum atomic E-state index is 12.6. The molecule has 2 fully saturated rings. The minimum Gasteiger partial charge on any atom is -0.493 e. The summed E-state index contributed by atoms with van der Waals surface area (Å²) in [7, 11) is 0. The second-order valence-corrected chi connectivity index (χ2v) is 7.71. The van der Waals surface area contributed by atoms with Crippen LogP contribution in [-0.4, -0.2) is 56.7 Å². The predicted molar refractivity (Wildman–Crippen MR) is 95.8 cm³/mol. The number of ether oxygens (including phenoxy) is 2. The van der Waals surface area contributed by atoms with E-state index in [1.54, 1.807) is 0 Å². The van der Waals surface area contributed by atoms with Gasteiger partial charge in [-0.05, 0) is 24.8 Å². The number of amides is 1. The van der Waals surface area contributed by atoms with E-state index in [-0.39, 0.29) is 23.8 Å². The highest BCUT2D eigenvalue weighted by Crippen LogP contribution is 2.47. The van der Waals surface area contributed by atoms with E-state index in [9.17, 15) is 13.6 Å². The van der Waals surface area contributed by atoms with E-state index in [0.717, 1.165) is 43.9 Å². The van der Waals surface area contributed by atoms with Crippen LogP contribution in [0.15, 0.2) is 24.3 Å². The Morgan fingerprint density at radius 2 is 2.04 bits per heavy atom. The summed E-state index contributed by atoms with van der Waals surface area (Å²) < 4.78 is 36.4. The van der Waals surface area contributed by atoms with Gasteiger partial charge in [0.1, 0.15) is 5.75 Å². The fourth-order valence-corrected chi connectivity index (χ4v) is 4.70. The summed E-state index contributed by atoms with van der Waals surface area (Å²) in [5, 5.41) is 2.41. The van der Waals surface area contributed by atoms with Crippen molar-refractivity contribution >= 4 is 5.91 Å². The molecule has 1 aromatic carbocycles. The molecule has 1 N–H and O–H groups in total. The van der Waals surface area contributed by atoms with E-state index in [1.807, 2.05) is 18.2 Å². The number of fused-ring (bicyclic) bond motifs is 3. The minimum atomic E-state index is -2.53. The summed E-state index contributed by atoms with van der Waals surface area (Å²) >= 11 is 0. The van der Waals surface area contributed by atoms with Crippen LogP contribution in [0.25, 0.3) is 0 Å². The topological polar surface area (TPSA) is 50.8 Å². The van der Waals surface area contributed by atoms with Crippen LogP contribution in [0.5, 0.6) is 5.75 Å². The molecule has 4 rings (SSSR count). The number of para-hydroxylation sites is 1. The molecule has 3 aliphatic rings. The predicted octanol–water partition coefficient (Wildman–Crippen LogP) is 2.48. The zero-order valence-electron chi connectivity index (χ0n) is 15.3. The Morgan fingerprint density at radius 1 is 1.26 bits per heavy atom. The van der Waals surface area contributed by atoms with Gasteiger partial charge in [0.25, 0.3) is 6.43 Å². The van der Waals surface area contributed by atoms with Crippen molar-refractivity contribution in [3.05, 3.63) is 29.8 Å². The zero-order valence-corrected chi connectivity index (χ0v) is 15.3. The molecule has 3 atom stereocenters. The van der Waals surface area contributed by atoms with Crippen molar-refractivity contribution in [3.8, 4) is 5.75 Å². The second-order valence-electron chi connectivity index (χ2n) is 7.71. The highest BCUT2D eigenvalue weighted by molar-refractivity contribution is 5.80. The summed E-state index contributed by atoms with van der Waals surface area (Å²) in [6.07, 6.45) is -0.490. The van der Waals surface area contributed by atoms with Crippen LogP contribution in [0.1, 0.15) is 24.4 Å². The third-order valence-corrected chi connectivity index (χ3v) is 6.02. The molecule has 148 valence electrons. The molecular formula is C20H26F2N2O3. The van der Waals surface area contributed by atoms with Gasteiger partial charge in [0.05, 0.1) is 19.1 Å². The Balaban J connectivity index is 1.55. The molecule has 0 spiro atoms. The van der Waals surface area contributed by atoms with Gasteiger partial charge in [-0.25, -0.2) is 8.78 Å². The lowest BCUT2D eigenvalue weighted by Crippen LogP contribution is -2.39. The van der Waals surface area contributed by atoms with Crippen molar-refractivity contribution in [1.82, 2.24) is 10.2 Å². The van der Waals surface area contributed by atoms with Crippen LogP contribution in [0, 0.1) is 17.8 Å². The van der Waals surface area contributed by atoms with Crippen molar-refractivity contribution < 1.29 is 23.0 Å². The Kier molecular flexibility index (Phi) is 5.59. The zero-order chi connectivity index (χ0) is 18.8. The maximum absolute atomic E-state index is 12.6. The summed E-state index contributed by atoms with van der Waals surface area (Å²) in [4.78, 5) is 15.0. The number of rotatable bonds is 5. The lowest BCUT2D eigenvalue weighted by molar-refractivity contribution is -0.126. The third-order valence-electron chi connectivity index (χ3n) is 6.02. The van der Waals surface area contributed by atoms with Crippen molar-refractivity contribution in [1.29, 1.82) is 0 Å². The van der Waals surface area contributed by atoms with Crippen LogP contribution in [0.4, 0.5) is 8.78 Å². The van der Waals surface area contributed by atoms with Crippen LogP contribution in [-0.2, 0) is 9.53 Å². The van der Waals surface area contributed by atoms with Gasteiger partial charge in [-0.2, -0.15) is 0 Å². The molecule has 0 radical (unpaired) electrons. The molecule has 1 aromatic rings. The third kappa shape index (κ3) is 3.94. The van der Waals surface area contributed by atoms with Crippen LogP contribution < -0.4 is 10.1 Å². The van der Waals surface area contributed by atoms with Crippen LogP contribution in [0.3, 0.4) is 0 Å². The van der Waals surface area contributed by atoms with Gasteiger partial charge in [-0.3, -0.25) is 9.69 Å². The number of nitrogens with zero attached hydrogens (tertiary/aromatic N) is 1. The van der Waals surface area contributed by atoms with Gasteiger partial charge < -0.3 is 14.8 Å². The highest BCUT2D eigenvalue weighted by atomic mass is 19.3. The fourth-order valence-electron chi connectivity index (χ4n) is 4.70. The minimum absolute atomic E-state index is 0.0163. The monoisotopic (exact) mass is 380 g/mol. The van der Waals surface area contributed by atoms with Gasteiger partial charge in [0, 0.05) is 43.8 Å². The Labute approximate surface area is 158 Å². The standard InChI is InChI=1S/C20H26F2N2O3/c21-18(22)9-23-20(25)15-11-24(10-13-5-7-26-8-6-13)19-14-3-1-2-4-17(14)27-12-16(15)19/h1-4,13,15-16,18-19H,5-12H2,(H,23,25)/t15-,16+,19+/m1/s1. The van der Waals surface area contributed by atoms with Crippen LogP contribution in [0.2, 0.25) is 0 Å². The first kappa shape index (κ1) is 18.6. The summed E-state index contributed by atoms with van der Waals surface area (Å²) in [5.74, 6) is 0.767. The number of hydrogen-bond donors (Lipinski definition) is 1. The molecule has 0 aromatic heterocycles. The molecule has 5 nitrogen and oxygen atoms in total. The first-order valence-electron chi connectivity index (χ1n) is 9.73. The number of nitrogens with one attached hydrogen (secondary N) is 1. The van der Waals surface area contributed by atoms with Gasteiger partial charge in [0.15, 0.2) is 0 Å². The van der Waals surface area contributed by atoms with E-state index in [0.29, 0.717) is 19.1 Å². The van der Waals surface area contributed by atoms with E-state index >= 15 is 0 Å². The van der Waals surface area contributed by atoms with Crippen LogP contribution >= 0.6 is 0 Å². The SMILES string of the molecule is O=C(NCC(F)F)[C@@H]1CN(CC2CCOCC2)[C@H]2c3ccccc3OC[C@@H]12.